The number of carbonyl (C=O) groups excluding carboxylic acids is 2. The number of nitrogens with one attached hydrogen (secondary N) is 2. The molecule has 0 spiro atoms. The Morgan fingerprint density at radius 2 is 2.03 bits per heavy atom. The van der Waals surface area contributed by atoms with E-state index in [4.69, 9.17) is 33.0 Å². The number of aliphatic carboxylic acids is 1. The van der Waals surface area contributed by atoms with Crippen LogP contribution in [0, 0.1) is 0 Å². The molecule has 1 aliphatic heterocycles. The fraction of sp³-hybridized carbons (Fsp3) is 0.391. The summed E-state index contributed by atoms with van der Waals surface area (Å²) in [5.41, 5.74) is 1.24. The molecule has 1 aromatic carbocycles. The summed E-state index contributed by atoms with van der Waals surface area (Å²) in [5.74, 6) is -1.25. The average molecular weight is 509 g/mol. The Morgan fingerprint density at radius 1 is 1.26 bits per heavy atom. The van der Waals surface area contributed by atoms with E-state index >= 15 is 0 Å². The van der Waals surface area contributed by atoms with Crippen LogP contribution in [-0.2, 0) is 16.1 Å². The van der Waals surface area contributed by atoms with Crippen molar-refractivity contribution >= 4 is 41.0 Å². The lowest BCUT2D eigenvalue weighted by Crippen LogP contribution is -2.59. The average Bonchev–Trinajstić information content (AvgIpc) is 2.78. The van der Waals surface area contributed by atoms with E-state index in [1.54, 1.807) is 18.2 Å². The van der Waals surface area contributed by atoms with Gasteiger partial charge in [-0.05, 0) is 30.2 Å². The fourth-order valence-corrected chi connectivity index (χ4v) is 3.86. The Bertz CT molecular complexity index is 1050. The lowest BCUT2D eigenvalue weighted by atomic mass is 10.1. The number of aromatic nitrogens is 1. The van der Waals surface area contributed by atoms with Gasteiger partial charge in [0.05, 0.1) is 17.5 Å². The number of amides is 2. The minimum absolute atomic E-state index is 0.0135. The molecule has 9 nitrogen and oxygen atoms in total. The van der Waals surface area contributed by atoms with Crippen LogP contribution in [0.25, 0.3) is 0 Å². The Kier molecular flexibility index (Phi) is 9.09. The topological polar surface area (TPSA) is 121 Å². The highest BCUT2D eigenvalue weighted by Crippen LogP contribution is 2.25. The number of ether oxygens (including phenoxy) is 1. The molecule has 1 fully saturated rings. The van der Waals surface area contributed by atoms with Crippen LogP contribution in [-0.4, -0.2) is 64.6 Å². The molecule has 2 heterocycles. The van der Waals surface area contributed by atoms with E-state index in [-0.39, 0.29) is 41.7 Å². The van der Waals surface area contributed by atoms with Gasteiger partial charge in [-0.3, -0.25) is 19.3 Å². The lowest BCUT2D eigenvalue weighted by molar-refractivity contribution is -0.137. The molecule has 0 unspecified atom stereocenters. The molecule has 11 heteroatoms. The molecule has 34 heavy (non-hydrogen) atoms. The first kappa shape index (κ1) is 25.7. The number of benzene rings is 1. The standard InChI is InChI=1S/C23H26Cl2N4O5/c1-2-19(34-23-18(25)9-16(24)11-27-23)22(33)26-10-14-4-3-5-15(8-14)21(32)28-17-12-29(13-17)7-6-20(30)31/h3-5,8-9,11,17,19H,2,6-7,10,12-13H2,1H3,(H,26,33)(H,28,32)(H,30,31)/t19-/m1/s1. The van der Waals surface area contributed by atoms with Crippen molar-refractivity contribution < 1.29 is 24.2 Å². The molecule has 1 aliphatic rings. The Balaban J connectivity index is 1.49. The predicted molar refractivity (Wildman–Crippen MR) is 127 cm³/mol. The number of likely N-dealkylation sites (tertiary alicyclic amines) is 1. The first-order valence-electron chi connectivity index (χ1n) is 10.8. The molecule has 1 saturated heterocycles. The fourth-order valence-electron chi connectivity index (χ4n) is 3.44. The van der Waals surface area contributed by atoms with Gasteiger partial charge in [0, 0.05) is 37.9 Å². The van der Waals surface area contributed by atoms with Gasteiger partial charge in [0.25, 0.3) is 11.8 Å². The zero-order valence-electron chi connectivity index (χ0n) is 18.6. The molecule has 0 aliphatic carbocycles. The number of rotatable bonds is 11. The molecule has 1 atom stereocenters. The van der Waals surface area contributed by atoms with Gasteiger partial charge in [-0.1, -0.05) is 42.3 Å². The summed E-state index contributed by atoms with van der Waals surface area (Å²) in [6.07, 6.45) is 1.09. The molecule has 2 aromatic rings. The molecule has 3 N–H and O–H groups in total. The van der Waals surface area contributed by atoms with Crippen LogP contribution in [0.1, 0.15) is 35.7 Å². The number of carboxylic acids is 1. The van der Waals surface area contributed by atoms with Crippen molar-refractivity contribution in [3.63, 3.8) is 0 Å². The van der Waals surface area contributed by atoms with Crippen molar-refractivity contribution in [2.75, 3.05) is 19.6 Å². The normalized spacial score (nSPS) is 14.7. The van der Waals surface area contributed by atoms with E-state index in [0.717, 1.165) is 5.56 Å². The van der Waals surface area contributed by atoms with Crippen molar-refractivity contribution in [3.8, 4) is 5.88 Å². The Labute approximate surface area is 207 Å². The maximum atomic E-state index is 12.6. The van der Waals surface area contributed by atoms with Crippen LogP contribution in [0.4, 0.5) is 0 Å². The van der Waals surface area contributed by atoms with Crippen LogP contribution < -0.4 is 15.4 Å². The molecule has 2 amide bonds. The number of hydrogen-bond donors (Lipinski definition) is 3. The third-order valence-corrected chi connectivity index (χ3v) is 5.76. The van der Waals surface area contributed by atoms with Gasteiger partial charge in [0.1, 0.15) is 5.02 Å². The molecule has 3 rings (SSSR count). The van der Waals surface area contributed by atoms with Gasteiger partial charge in [-0.2, -0.15) is 0 Å². The second-order valence-electron chi connectivity index (χ2n) is 7.95. The van der Waals surface area contributed by atoms with Crippen LogP contribution in [0.5, 0.6) is 5.88 Å². The highest BCUT2D eigenvalue weighted by atomic mass is 35.5. The second kappa shape index (κ2) is 12.0. The maximum absolute atomic E-state index is 12.6. The zero-order chi connectivity index (χ0) is 24.7. The highest BCUT2D eigenvalue weighted by molar-refractivity contribution is 6.35. The van der Waals surface area contributed by atoms with E-state index in [2.05, 4.69) is 15.6 Å². The minimum atomic E-state index is -0.835. The van der Waals surface area contributed by atoms with Crippen LogP contribution >= 0.6 is 23.2 Å². The van der Waals surface area contributed by atoms with Gasteiger partial charge < -0.3 is 20.5 Å². The zero-order valence-corrected chi connectivity index (χ0v) is 20.1. The van der Waals surface area contributed by atoms with Gasteiger partial charge in [0.15, 0.2) is 6.10 Å². The SMILES string of the molecule is CC[C@@H](Oc1ncc(Cl)cc1Cl)C(=O)NCc1cccc(C(=O)NC2CN(CCC(=O)O)C2)c1. The smallest absolute Gasteiger partial charge is 0.304 e. The molecular weight excluding hydrogens is 483 g/mol. The van der Waals surface area contributed by atoms with Gasteiger partial charge in [-0.15, -0.1) is 0 Å². The summed E-state index contributed by atoms with van der Waals surface area (Å²) in [5, 5.41) is 15.1. The number of hydrogen-bond acceptors (Lipinski definition) is 6. The van der Waals surface area contributed by atoms with Crippen molar-refractivity contribution in [3.05, 3.63) is 57.7 Å². The maximum Gasteiger partial charge on any atom is 0.304 e. The predicted octanol–water partition coefficient (Wildman–Crippen LogP) is 2.75. The third-order valence-electron chi connectivity index (χ3n) is 5.28. The molecule has 0 saturated carbocycles. The Hall–Kier alpha value is -2.88. The number of halogens is 2. The second-order valence-corrected chi connectivity index (χ2v) is 8.79. The number of carbonyl (C=O) groups is 3. The largest absolute Gasteiger partial charge is 0.481 e. The minimum Gasteiger partial charge on any atom is -0.481 e. The van der Waals surface area contributed by atoms with Gasteiger partial charge in [0.2, 0.25) is 5.88 Å². The molecule has 1 aromatic heterocycles. The lowest BCUT2D eigenvalue weighted by Gasteiger charge is -2.39. The number of nitrogens with zero attached hydrogens (tertiary/aromatic N) is 2. The van der Waals surface area contributed by atoms with Crippen LogP contribution in [0.2, 0.25) is 10.0 Å². The molecule has 0 bridgehead atoms. The third kappa shape index (κ3) is 7.31. The highest BCUT2D eigenvalue weighted by Gasteiger charge is 2.28. The summed E-state index contributed by atoms with van der Waals surface area (Å²) in [6.45, 7) is 3.75. The molecular formula is C23H26Cl2N4O5. The van der Waals surface area contributed by atoms with Crippen molar-refractivity contribution in [1.29, 1.82) is 0 Å². The van der Waals surface area contributed by atoms with E-state index < -0.39 is 12.1 Å². The van der Waals surface area contributed by atoms with E-state index in [0.29, 0.717) is 36.6 Å². The van der Waals surface area contributed by atoms with Gasteiger partial charge >= 0.3 is 5.97 Å². The number of carboxylic acid groups (broad SMARTS) is 1. The van der Waals surface area contributed by atoms with Crippen LogP contribution in [0.3, 0.4) is 0 Å². The first-order valence-corrected chi connectivity index (χ1v) is 11.6. The number of pyridine rings is 1. The van der Waals surface area contributed by atoms with Crippen molar-refractivity contribution in [2.45, 2.75) is 38.5 Å². The van der Waals surface area contributed by atoms with Crippen molar-refractivity contribution in [1.82, 2.24) is 20.5 Å². The summed E-state index contributed by atoms with van der Waals surface area (Å²) in [4.78, 5) is 41.8. The van der Waals surface area contributed by atoms with Crippen LogP contribution in [0.15, 0.2) is 36.5 Å². The first-order chi connectivity index (χ1) is 16.2. The molecule has 182 valence electrons. The van der Waals surface area contributed by atoms with E-state index in [1.807, 2.05) is 17.9 Å². The van der Waals surface area contributed by atoms with E-state index in [9.17, 15) is 14.4 Å². The summed E-state index contributed by atoms with van der Waals surface area (Å²) >= 11 is 11.9. The van der Waals surface area contributed by atoms with E-state index in [1.165, 1.54) is 12.3 Å². The van der Waals surface area contributed by atoms with Crippen molar-refractivity contribution in [2.24, 2.45) is 0 Å². The van der Waals surface area contributed by atoms with Gasteiger partial charge in [-0.25, -0.2) is 4.98 Å². The molecule has 0 radical (unpaired) electrons. The summed E-state index contributed by atoms with van der Waals surface area (Å²) < 4.78 is 5.65. The quantitative estimate of drug-likeness (QED) is 0.426. The summed E-state index contributed by atoms with van der Waals surface area (Å²) in [7, 11) is 0. The monoisotopic (exact) mass is 508 g/mol. The summed E-state index contributed by atoms with van der Waals surface area (Å²) in [6, 6.07) is 8.46. The Morgan fingerprint density at radius 3 is 2.71 bits per heavy atom.